The second-order valence-corrected chi connectivity index (χ2v) is 7.81. The predicted octanol–water partition coefficient (Wildman–Crippen LogP) is 1.44. The van der Waals surface area contributed by atoms with E-state index >= 15 is 0 Å². The molecule has 0 amide bonds. The van der Waals surface area contributed by atoms with Gasteiger partial charge in [-0.2, -0.15) is 0 Å². The first kappa shape index (κ1) is 15.7. The first-order chi connectivity index (χ1) is 10.1. The zero-order chi connectivity index (χ0) is 14.9. The minimum absolute atomic E-state index is 0.0378. The van der Waals surface area contributed by atoms with E-state index in [2.05, 4.69) is 29.0 Å². The van der Waals surface area contributed by atoms with Gasteiger partial charge in [-0.3, -0.25) is 9.80 Å². The smallest absolute Gasteiger partial charge is 0.0613 e. The number of aliphatic hydroxyl groups excluding tert-OH is 1. The molecule has 122 valence electrons. The molecule has 2 heterocycles. The molecule has 2 N–H and O–H groups in total. The van der Waals surface area contributed by atoms with Crippen molar-refractivity contribution in [1.29, 1.82) is 0 Å². The molecule has 0 bridgehead atoms. The van der Waals surface area contributed by atoms with Gasteiger partial charge >= 0.3 is 0 Å². The number of nitrogens with zero attached hydrogens (tertiary/aromatic N) is 2. The van der Waals surface area contributed by atoms with Gasteiger partial charge in [0.1, 0.15) is 0 Å². The van der Waals surface area contributed by atoms with Crippen LogP contribution in [0, 0.1) is 0 Å². The van der Waals surface area contributed by atoms with Crippen molar-refractivity contribution in [1.82, 2.24) is 15.1 Å². The predicted molar refractivity (Wildman–Crippen MR) is 86.5 cm³/mol. The number of hydrogen-bond donors (Lipinski definition) is 2. The van der Waals surface area contributed by atoms with E-state index in [9.17, 15) is 5.11 Å². The molecule has 0 aromatic rings. The Bertz CT molecular complexity index is 349. The highest BCUT2D eigenvalue weighted by Crippen LogP contribution is 2.33. The zero-order valence-corrected chi connectivity index (χ0v) is 13.9. The lowest BCUT2D eigenvalue weighted by Gasteiger charge is -2.48. The second kappa shape index (κ2) is 6.53. The average Bonchev–Trinajstić information content (AvgIpc) is 2.94. The Morgan fingerprint density at radius 1 is 1.10 bits per heavy atom. The third kappa shape index (κ3) is 3.44. The van der Waals surface area contributed by atoms with E-state index in [1.165, 1.54) is 51.9 Å². The van der Waals surface area contributed by atoms with Gasteiger partial charge in [-0.1, -0.05) is 13.8 Å². The van der Waals surface area contributed by atoms with Crippen molar-refractivity contribution in [3.8, 4) is 0 Å². The minimum Gasteiger partial charge on any atom is -0.394 e. The molecule has 3 fully saturated rings. The molecular weight excluding hydrogens is 262 g/mol. The topological polar surface area (TPSA) is 38.7 Å². The van der Waals surface area contributed by atoms with Crippen molar-refractivity contribution in [2.75, 3.05) is 32.8 Å². The molecule has 0 spiro atoms. The van der Waals surface area contributed by atoms with E-state index in [-0.39, 0.29) is 12.1 Å². The van der Waals surface area contributed by atoms with Crippen molar-refractivity contribution >= 4 is 0 Å². The van der Waals surface area contributed by atoms with Crippen LogP contribution in [0.1, 0.15) is 52.4 Å². The molecule has 4 nitrogen and oxygen atoms in total. The third-order valence-corrected chi connectivity index (χ3v) is 5.85. The van der Waals surface area contributed by atoms with Crippen LogP contribution in [-0.2, 0) is 0 Å². The van der Waals surface area contributed by atoms with Gasteiger partial charge in [-0.25, -0.2) is 0 Å². The molecule has 4 heteroatoms. The summed E-state index contributed by atoms with van der Waals surface area (Å²) in [5.41, 5.74) is -0.0378. The number of fused-ring (bicyclic) bond motifs is 1. The Morgan fingerprint density at radius 3 is 2.62 bits per heavy atom. The molecule has 2 saturated heterocycles. The highest BCUT2D eigenvalue weighted by molar-refractivity contribution is 4.99. The lowest BCUT2D eigenvalue weighted by molar-refractivity contribution is 0.0180. The first-order valence-corrected chi connectivity index (χ1v) is 8.98. The maximum absolute atomic E-state index is 9.97. The number of piperazine rings is 1. The fourth-order valence-corrected chi connectivity index (χ4v) is 4.92. The molecule has 0 radical (unpaired) electrons. The molecular formula is C17H33N3O. The number of aliphatic hydroxyl groups is 1. The van der Waals surface area contributed by atoms with Crippen molar-refractivity contribution in [2.24, 2.45) is 0 Å². The van der Waals surface area contributed by atoms with Crippen LogP contribution in [0.3, 0.4) is 0 Å². The van der Waals surface area contributed by atoms with Gasteiger partial charge in [0.2, 0.25) is 0 Å². The fraction of sp³-hybridized carbons (Fsp3) is 1.00. The third-order valence-electron chi connectivity index (χ3n) is 5.85. The van der Waals surface area contributed by atoms with Gasteiger partial charge in [0.15, 0.2) is 0 Å². The Morgan fingerprint density at radius 2 is 1.86 bits per heavy atom. The first-order valence-electron chi connectivity index (χ1n) is 8.98. The van der Waals surface area contributed by atoms with Crippen LogP contribution >= 0.6 is 0 Å². The van der Waals surface area contributed by atoms with Crippen molar-refractivity contribution < 1.29 is 5.11 Å². The van der Waals surface area contributed by atoms with Crippen LogP contribution < -0.4 is 5.32 Å². The van der Waals surface area contributed by atoms with Gasteiger partial charge in [-0.05, 0) is 45.1 Å². The standard InChI is InChI=1S/C17H33N3O/c1-14(2)18-17(13-21)7-3-5-15(11-17)20-10-9-19-8-4-6-16(19)12-20/h14-16,18,21H,3-13H2,1-2H3. The van der Waals surface area contributed by atoms with E-state index < -0.39 is 0 Å². The maximum Gasteiger partial charge on any atom is 0.0613 e. The van der Waals surface area contributed by atoms with Crippen LogP contribution in [0.15, 0.2) is 0 Å². The maximum atomic E-state index is 9.97. The van der Waals surface area contributed by atoms with Crippen LogP contribution in [-0.4, -0.2) is 71.4 Å². The SMILES string of the molecule is CC(C)NC1(CO)CCCC(N2CCN3CCCC3C2)C1. The normalized spacial score (nSPS) is 38.9. The lowest BCUT2D eigenvalue weighted by atomic mass is 9.78. The molecule has 3 atom stereocenters. The highest BCUT2D eigenvalue weighted by Gasteiger charge is 2.40. The van der Waals surface area contributed by atoms with E-state index in [1.54, 1.807) is 0 Å². The summed E-state index contributed by atoms with van der Waals surface area (Å²) in [6.07, 6.45) is 7.58. The largest absolute Gasteiger partial charge is 0.394 e. The van der Waals surface area contributed by atoms with Crippen LogP contribution in [0.4, 0.5) is 0 Å². The molecule has 21 heavy (non-hydrogen) atoms. The molecule has 3 aliphatic rings. The van der Waals surface area contributed by atoms with Gasteiger partial charge in [0.25, 0.3) is 0 Å². The summed E-state index contributed by atoms with van der Waals surface area (Å²) >= 11 is 0. The molecule has 3 unspecified atom stereocenters. The second-order valence-electron chi connectivity index (χ2n) is 7.81. The minimum atomic E-state index is -0.0378. The molecule has 0 aromatic carbocycles. The Kier molecular flexibility index (Phi) is 4.89. The fourth-order valence-electron chi connectivity index (χ4n) is 4.92. The van der Waals surface area contributed by atoms with Crippen LogP contribution in [0.25, 0.3) is 0 Å². The van der Waals surface area contributed by atoms with E-state index in [0.29, 0.717) is 12.1 Å². The van der Waals surface area contributed by atoms with E-state index in [0.717, 1.165) is 18.9 Å². The van der Waals surface area contributed by atoms with Crippen LogP contribution in [0.5, 0.6) is 0 Å². The van der Waals surface area contributed by atoms with Crippen molar-refractivity contribution in [3.63, 3.8) is 0 Å². The van der Waals surface area contributed by atoms with Gasteiger partial charge in [0, 0.05) is 43.3 Å². The summed E-state index contributed by atoms with van der Waals surface area (Å²) < 4.78 is 0. The number of nitrogens with one attached hydrogen (secondary N) is 1. The highest BCUT2D eigenvalue weighted by atomic mass is 16.3. The number of rotatable bonds is 4. The van der Waals surface area contributed by atoms with Crippen LogP contribution in [0.2, 0.25) is 0 Å². The monoisotopic (exact) mass is 295 g/mol. The molecule has 0 aromatic heterocycles. The number of hydrogen-bond acceptors (Lipinski definition) is 4. The quantitative estimate of drug-likeness (QED) is 0.823. The molecule has 3 rings (SSSR count). The van der Waals surface area contributed by atoms with Crippen molar-refractivity contribution in [3.05, 3.63) is 0 Å². The summed E-state index contributed by atoms with van der Waals surface area (Å²) in [6, 6.07) is 1.92. The summed E-state index contributed by atoms with van der Waals surface area (Å²) in [5, 5.41) is 13.6. The Labute approximate surface area is 129 Å². The van der Waals surface area contributed by atoms with E-state index in [4.69, 9.17) is 0 Å². The van der Waals surface area contributed by atoms with E-state index in [1.807, 2.05) is 0 Å². The summed E-state index contributed by atoms with van der Waals surface area (Å²) in [6.45, 7) is 9.73. The van der Waals surface area contributed by atoms with Gasteiger partial charge in [-0.15, -0.1) is 0 Å². The van der Waals surface area contributed by atoms with Gasteiger partial charge < -0.3 is 10.4 Å². The summed E-state index contributed by atoms with van der Waals surface area (Å²) in [5.74, 6) is 0. The average molecular weight is 295 g/mol. The molecule has 2 aliphatic heterocycles. The molecule has 1 saturated carbocycles. The summed E-state index contributed by atoms with van der Waals surface area (Å²) in [4.78, 5) is 5.42. The molecule has 1 aliphatic carbocycles. The zero-order valence-electron chi connectivity index (χ0n) is 13.9. The Balaban J connectivity index is 1.62. The van der Waals surface area contributed by atoms with Crippen molar-refractivity contribution in [2.45, 2.75) is 76.0 Å². The Hall–Kier alpha value is -0.160. The lowest BCUT2D eigenvalue weighted by Crippen LogP contribution is -2.60. The summed E-state index contributed by atoms with van der Waals surface area (Å²) in [7, 11) is 0. The van der Waals surface area contributed by atoms with Gasteiger partial charge in [0.05, 0.1) is 6.61 Å².